The monoisotopic (exact) mass is 321 g/mol. The molecule has 1 rings (SSSR count). The smallest absolute Gasteiger partial charge is 0.286 e. The summed E-state index contributed by atoms with van der Waals surface area (Å²) in [6.45, 7) is 11.5. The van der Waals surface area contributed by atoms with E-state index in [1.807, 2.05) is 0 Å². The zero-order valence-electron chi connectivity index (χ0n) is 12.3. The Hall–Kier alpha value is -1.12. The third kappa shape index (κ3) is 4.19. The molecular weight excluding hydrogens is 302 g/mol. The van der Waals surface area contributed by atoms with Gasteiger partial charge in [0.05, 0.1) is 6.61 Å². The maximum atomic E-state index is 8.57. The number of hydrogen-bond acceptors (Lipinski definition) is 7. The van der Waals surface area contributed by atoms with Crippen LogP contribution in [-0.4, -0.2) is 42.2 Å². The van der Waals surface area contributed by atoms with Crippen molar-refractivity contribution in [3.8, 4) is 5.88 Å². The minimum atomic E-state index is -1.80. The normalized spacial score (nSPS) is 13.6. The van der Waals surface area contributed by atoms with Gasteiger partial charge in [0.15, 0.2) is 8.32 Å². The van der Waals surface area contributed by atoms with Crippen LogP contribution in [0.2, 0.25) is 18.1 Å². The highest BCUT2D eigenvalue weighted by atomic mass is 35.5. The van der Waals surface area contributed by atoms with E-state index in [-0.39, 0.29) is 28.4 Å². The Balaban J connectivity index is 2.49. The molecule has 0 fully saturated rings. The number of halogens is 1. The Morgan fingerprint density at radius 3 is 2.55 bits per heavy atom. The first-order valence-corrected chi connectivity index (χ1v) is 9.45. The Kier molecular flexibility index (Phi) is 5.55. The summed E-state index contributed by atoms with van der Waals surface area (Å²) in [4.78, 5) is 0. The van der Waals surface area contributed by atoms with Crippen LogP contribution in [0.4, 0.5) is 0 Å². The van der Waals surface area contributed by atoms with Crippen molar-refractivity contribution in [2.24, 2.45) is 5.16 Å². The van der Waals surface area contributed by atoms with Crippen LogP contribution < -0.4 is 4.74 Å². The molecule has 1 aromatic heterocycles. The van der Waals surface area contributed by atoms with Crippen molar-refractivity contribution in [3.63, 3.8) is 0 Å². The van der Waals surface area contributed by atoms with Gasteiger partial charge >= 0.3 is 0 Å². The molecule has 0 aromatic carbocycles. The molecule has 0 saturated carbocycles. The number of rotatable bonds is 6. The van der Waals surface area contributed by atoms with E-state index in [1.165, 1.54) is 0 Å². The minimum absolute atomic E-state index is 0.0569. The number of oxime groups is 1. The van der Waals surface area contributed by atoms with Gasteiger partial charge < -0.3 is 14.4 Å². The van der Waals surface area contributed by atoms with Gasteiger partial charge in [0, 0.05) is 0 Å². The van der Waals surface area contributed by atoms with Gasteiger partial charge in [-0.1, -0.05) is 37.5 Å². The number of nitrogens with zero attached hydrogens (tertiary/aromatic N) is 3. The predicted molar refractivity (Wildman–Crippen MR) is 77.1 cm³/mol. The lowest BCUT2D eigenvalue weighted by Gasteiger charge is -2.36. The van der Waals surface area contributed by atoms with Gasteiger partial charge in [0.1, 0.15) is 6.61 Å². The largest absolute Gasteiger partial charge is 0.471 e. The molecular formula is C11H20ClN3O4Si. The highest BCUT2D eigenvalue weighted by Gasteiger charge is 2.36. The summed E-state index contributed by atoms with van der Waals surface area (Å²) < 4.78 is 15.8. The van der Waals surface area contributed by atoms with Gasteiger partial charge in [-0.2, -0.15) is 0 Å². The number of hydrogen-bond donors (Lipinski definition) is 1. The van der Waals surface area contributed by atoms with Crippen LogP contribution in [0.25, 0.3) is 0 Å². The van der Waals surface area contributed by atoms with Crippen LogP contribution in [0.15, 0.2) is 9.78 Å². The SMILES string of the molecule is CC(C)(C)[Si](C)(C)OCCOc1nonc1C(Cl)=NO. The van der Waals surface area contributed by atoms with E-state index in [0.717, 1.165) is 0 Å². The molecule has 1 heterocycles. The molecule has 0 atom stereocenters. The molecule has 0 amide bonds. The highest BCUT2D eigenvalue weighted by Crippen LogP contribution is 2.36. The standard InChI is InChI=1S/C11H20ClN3O4Si/c1-11(2,3)20(4,5)18-7-6-17-10-8(9(12)13-16)14-19-15-10/h16H,6-7H2,1-5H3. The number of ether oxygens (including phenoxy) is 1. The van der Waals surface area contributed by atoms with E-state index in [4.69, 9.17) is 26.0 Å². The van der Waals surface area contributed by atoms with Crippen LogP contribution in [0.1, 0.15) is 26.5 Å². The van der Waals surface area contributed by atoms with Crippen molar-refractivity contribution < 1.29 is 19.0 Å². The highest BCUT2D eigenvalue weighted by molar-refractivity contribution is 6.74. The van der Waals surface area contributed by atoms with Gasteiger partial charge in [-0.15, -0.1) is 0 Å². The zero-order valence-corrected chi connectivity index (χ0v) is 14.1. The molecule has 0 bridgehead atoms. The van der Waals surface area contributed by atoms with Crippen LogP contribution in [-0.2, 0) is 4.43 Å². The lowest BCUT2D eigenvalue weighted by Crippen LogP contribution is -2.41. The van der Waals surface area contributed by atoms with Gasteiger partial charge in [-0.25, -0.2) is 4.63 Å². The van der Waals surface area contributed by atoms with Gasteiger partial charge in [-0.3, -0.25) is 0 Å². The fourth-order valence-corrected chi connectivity index (χ4v) is 2.24. The lowest BCUT2D eigenvalue weighted by atomic mass is 10.2. The molecule has 0 aliphatic rings. The summed E-state index contributed by atoms with van der Waals surface area (Å²) >= 11 is 5.62. The Labute approximate surface area is 124 Å². The molecule has 0 spiro atoms. The van der Waals surface area contributed by atoms with E-state index in [1.54, 1.807) is 0 Å². The maximum Gasteiger partial charge on any atom is 0.286 e. The minimum Gasteiger partial charge on any atom is -0.471 e. The molecule has 114 valence electrons. The average molecular weight is 322 g/mol. The van der Waals surface area contributed by atoms with Crippen LogP contribution in [0.3, 0.4) is 0 Å². The van der Waals surface area contributed by atoms with Crippen molar-refractivity contribution in [1.82, 2.24) is 10.3 Å². The van der Waals surface area contributed by atoms with Crippen molar-refractivity contribution in [1.29, 1.82) is 0 Å². The van der Waals surface area contributed by atoms with Crippen molar-refractivity contribution in [3.05, 3.63) is 5.69 Å². The fraction of sp³-hybridized carbons (Fsp3) is 0.727. The molecule has 0 saturated heterocycles. The summed E-state index contributed by atoms with van der Waals surface area (Å²) in [5.74, 6) is 0.0756. The fourth-order valence-electron chi connectivity index (χ4n) is 1.10. The van der Waals surface area contributed by atoms with Crippen molar-refractivity contribution >= 4 is 25.1 Å². The quantitative estimate of drug-likeness (QED) is 0.285. The molecule has 20 heavy (non-hydrogen) atoms. The van der Waals surface area contributed by atoms with Crippen LogP contribution in [0, 0.1) is 0 Å². The van der Waals surface area contributed by atoms with E-state index >= 15 is 0 Å². The maximum absolute atomic E-state index is 8.57. The van der Waals surface area contributed by atoms with Gasteiger partial charge in [-0.05, 0) is 28.4 Å². The predicted octanol–water partition coefficient (Wildman–Crippen LogP) is 2.84. The summed E-state index contributed by atoms with van der Waals surface area (Å²) in [6, 6.07) is 0. The molecule has 1 N–H and O–H groups in total. The topological polar surface area (TPSA) is 90.0 Å². The molecule has 7 nitrogen and oxygen atoms in total. The Bertz CT molecular complexity index is 470. The first-order chi connectivity index (χ1) is 9.19. The van der Waals surface area contributed by atoms with E-state index in [0.29, 0.717) is 6.61 Å². The second kappa shape index (κ2) is 6.55. The van der Waals surface area contributed by atoms with Gasteiger partial charge in [0.25, 0.3) is 5.88 Å². The lowest BCUT2D eigenvalue weighted by molar-refractivity contribution is 0.189. The molecule has 0 radical (unpaired) electrons. The molecule has 0 unspecified atom stereocenters. The third-order valence-electron chi connectivity index (χ3n) is 3.33. The average Bonchev–Trinajstić information content (AvgIpc) is 2.80. The summed E-state index contributed by atoms with van der Waals surface area (Å²) in [5.41, 5.74) is 0.0569. The summed E-state index contributed by atoms with van der Waals surface area (Å²) in [6.07, 6.45) is 0. The van der Waals surface area contributed by atoms with E-state index in [9.17, 15) is 0 Å². The van der Waals surface area contributed by atoms with E-state index in [2.05, 4.69) is 54.0 Å². The molecule has 0 aliphatic heterocycles. The molecule has 1 aromatic rings. The molecule has 0 aliphatic carbocycles. The van der Waals surface area contributed by atoms with E-state index < -0.39 is 8.32 Å². The first kappa shape index (κ1) is 16.9. The van der Waals surface area contributed by atoms with Crippen LogP contribution >= 0.6 is 11.6 Å². The summed E-state index contributed by atoms with van der Waals surface area (Å²) in [5, 5.41) is 18.3. The van der Waals surface area contributed by atoms with Gasteiger partial charge in [0.2, 0.25) is 10.9 Å². The Morgan fingerprint density at radius 1 is 1.35 bits per heavy atom. The number of aromatic nitrogens is 2. The zero-order chi connectivity index (χ0) is 15.4. The van der Waals surface area contributed by atoms with Crippen molar-refractivity contribution in [2.75, 3.05) is 13.2 Å². The molecule has 9 heteroatoms. The Morgan fingerprint density at radius 2 is 2.00 bits per heavy atom. The van der Waals surface area contributed by atoms with Crippen LogP contribution in [0.5, 0.6) is 5.88 Å². The van der Waals surface area contributed by atoms with Crippen molar-refractivity contribution in [2.45, 2.75) is 38.9 Å². The third-order valence-corrected chi connectivity index (χ3v) is 8.13. The first-order valence-electron chi connectivity index (χ1n) is 6.16. The summed E-state index contributed by atoms with van der Waals surface area (Å²) in [7, 11) is -1.80. The second-order valence-electron chi connectivity index (χ2n) is 5.77. The second-order valence-corrected chi connectivity index (χ2v) is 10.9.